The number of aryl methyl sites for hydroxylation is 1. The molecule has 0 radical (unpaired) electrons. The van der Waals surface area contributed by atoms with Crippen LogP contribution in [-0.2, 0) is 9.59 Å². The Labute approximate surface area is 113 Å². The van der Waals surface area contributed by atoms with Crippen LogP contribution < -0.4 is 15.4 Å². The van der Waals surface area contributed by atoms with E-state index in [1.807, 2.05) is 26.0 Å². The third-order valence-electron chi connectivity index (χ3n) is 2.51. The zero-order valence-electron chi connectivity index (χ0n) is 11.7. The van der Waals surface area contributed by atoms with Gasteiger partial charge in [-0.3, -0.25) is 9.59 Å². The van der Waals surface area contributed by atoms with E-state index in [9.17, 15) is 9.59 Å². The maximum absolute atomic E-state index is 11.9. The highest BCUT2D eigenvalue weighted by Crippen LogP contribution is 2.25. The monoisotopic (exact) mass is 264 g/mol. The molecule has 0 fully saturated rings. The van der Waals surface area contributed by atoms with Gasteiger partial charge >= 0.3 is 0 Å². The number of carbonyl (C=O) groups excluding carboxylic acids is 2. The summed E-state index contributed by atoms with van der Waals surface area (Å²) in [6, 6.07) is 4.95. The largest absolute Gasteiger partial charge is 0.492 e. The van der Waals surface area contributed by atoms with Gasteiger partial charge in [0.2, 0.25) is 11.8 Å². The lowest BCUT2D eigenvalue weighted by Gasteiger charge is -2.15. The first-order valence-electron chi connectivity index (χ1n) is 6.25. The van der Waals surface area contributed by atoms with Crippen molar-refractivity contribution in [2.24, 2.45) is 0 Å². The minimum absolute atomic E-state index is 0.239. The van der Waals surface area contributed by atoms with Gasteiger partial charge in [0.1, 0.15) is 11.8 Å². The Balaban J connectivity index is 2.81. The summed E-state index contributed by atoms with van der Waals surface area (Å²) in [4.78, 5) is 22.8. The normalized spacial score (nSPS) is 11.6. The topological polar surface area (TPSA) is 67.4 Å². The van der Waals surface area contributed by atoms with E-state index in [4.69, 9.17) is 4.74 Å². The highest BCUT2D eigenvalue weighted by molar-refractivity contribution is 5.97. The molecule has 0 bridgehead atoms. The lowest BCUT2D eigenvalue weighted by atomic mass is 10.2. The molecule has 1 aromatic rings. The van der Waals surface area contributed by atoms with Gasteiger partial charge in [-0.05, 0) is 38.5 Å². The maximum atomic E-state index is 11.9. The van der Waals surface area contributed by atoms with E-state index in [2.05, 4.69) is 10.6 Å². The average molecular weight is 264 g/mol. The number of carbonyl (C=O) groups is 2. The second-order valence-corrected chi connectivity index (χ2v) is 4.34. The molecule has 1 unspecified atom stereocenters. The molecule has 0 heterocycles. The molecule has 0 saturated carbocycles. The Morgan fingerprint density at radius 2 is 2.05 bits per heavy atom. The molecule has 0 aliphatic rings. The number of hydrogen-bond donors (Lipinski definition) is 2. The number of hydrogen-bond acceptors (Lipinski definition) is 3. The summed E-state index contributed by atoms with van der Waals surface area (Å²) in [5, 5.41) is 5.28. The highest BCUT2D eigenvalue weighted by atomic mass is 16.5. The summed E-state index contributed by atoms with van der Waals surface area (Å²) in [5.41, 5.74) is 1.66. The minimum atomic E-state index is -0.590. The van der Waals surface area contributed by atoms with Crippen LogP contribution in [0.1, 0.15) is 26.3 Å². The molecule has 0 aromatic heterocycles. The van der Waals surface area contributed by atoms with E-state index in [1.54, 1.807) is 13.0 Å². The van der Waals surface area contributed by atoms with Crippen LogP contribution in [0.25, 0.3) is 0 Å². The average Bonchev–Trinajstić information content (AvgIpc) is 2.32. The Kier molecular flexibility index (Phi) is 5.36. The van der Waals surface area contributed by atoms with Crippen LogP contribution >= 0.6 is 0 Å². The van der Waals surface area contributed by atoms with E-state index < -0.39 is 6.04 Å². The van der Waals surface area contributed by atoms with Crippen molar-refractivity contribution in [1.82, 2.24) is 5.32 Å². The summed E-state index contributed by atoms with van der Waals surface area (Å²) in [5.74, 6) is 0.113. The molecule has 0 spiro atoms. The second-order valence-electron chi connectivity index (χ2n) is 4.34. The molecule has 2 N–H and O–H groups in total. The number of benzene rings is 1. The molecule has 1 rings (SSSR count). The van der Waals surface area contributed by atoms with Crippen molar-refractivity contribution in [3.05, 3.63) is 23.8 Å². The van der Waals surface area contributed by atoms with Crippen molar-refractivity contribution in [1.29, 1.82) is 0 Å². The summed E-state index contributed by atoms with van der Waals surface area (Å²) in [7, 11) is 0. The number of nitrogens with one attached hydrogen (secondary N) is 2. The SMILES string of the molecule is CCOc1cc(C)ccc1NC(=O)C(C)NC(C)=O. The van der Waals surface area contributed by atoms with E-state index in [-0.39, 0.29) is 11.8 Å². The summed E-state index contributed by atoms with van der Waals surface area (Å²) >= 11 is 0. The van der Waals surface area contributed by atoms with Crippen LogP contribution in [0.5, 0.6) is 5.75 Å². The van der Waals surface area contributed by atoms with Crippen molar-refractivity contribution in [3.8, 4) is 5.75 Å². The van der Waals surface area contributed by atoms with Gasteiger partial charge < -0.3 is 15.4 Å². The number of anilines is 1. The van der Waals surface area contributed by atoms with Crippen molar-refractivity contribution >= 4 is 17.5 Å². The standard InChI is InChI=1S/C14H20N2O3/c1-5-19-13-8-9(2)6-7-12(13)16-14(18)10(3)15-11(4)17/h6-8,10H,5H2,1-4H3,(H,15,17)(H,16,18). The molecule has 0 aliphatic heterocycles. The van der Waals surface area contributed by atoms with Crippen LogP contribution in [-0.4, -0.2) is 24.5 Å². The van der Waals surface area contributed by atoms with Crippen molar-refractivity contribution in [2.45, 2.75) is 33.7 Å². The Hall–Kier alpha value is -2.04. The molecular weight excluding hydrogens is 244 g/mol. The third kappa shape index (κ3) is 4.62. The minimum Gasteiger partial charge on any atom is -0.492 e. The van der Waals surface area contributed by atoms with Crippen LogP contribution in [0.2, 0.25) is 0 Å². The molecule has 0 aliphatic carbocycles. The molecule has 5 heteroatoms. The van der Waals surface area contributed by atoms with Gasteiger partial charge in [-0.1, -0.05) is 6.07 Å². The van der Waals surface area contributed by atoms with Crippen LogP contribution in [0.4, 0.5) is 5.69 Å². The summed E-state index contributed by atoms with van der Waals surface area (Å²) < 4.78 is 5.48. The third-order valence-corrected chi connectivity index (χ3v) is 2.51. The van der Waals surface area contributed by atoms with Crippen LogP contribution in [0.3, 0.4) is 0 Å². The Bertz CT molecular complexity index is 472. The van der Waals surface area contributed by atoms with Crippen molar-refractivity contribution in [2.75, 3.05) is 11.9 Å². The van der Waals surface area contributed by atoms with E-state index in [1.165, 1.54) is 6.92 Å². The molecule has 0 saturated heterocycles. The van der Waals surface area contributed by atoms with E-state index in [0.29, 0.717) is 18.0 Å². The Morgan fingerprint density at radius 3 is 2.63 bits per heavy atom. The molecule has 19 heavy (non-hydrogen) atoms. The summed E-state index contributed by atoms with van der Waals surface area (Å²) in [6.45, 7) is 7.36. The van der Waals surface area contributed by atoms with Gasteiger partial charge in [-0.2, -0.15) is 0 Å². The first-order chi connectivity index (χ1) is 8.93. The van der Waals surface area contributed by atoms with Gasteiger partial charge in [0.25, 0.3) is 0 Å². The molecular formula is C14H20N2O3. The van der Waals surface area contributed by atoms with Gasteiger partial charge in [-0.25, -0.2) is 0 Å². The number of rotatable bonds is 5. The fourth-order valence-corrected chi connectivity index (χ4v) is 1.62. The fraction of sp³-hybridized carbons (Fsp3) is 0.429. The smallest absolute Gasteiger partial charge is 0.246 e. The predicted molar refractivity (Wildman–Crippen MR) is 74.3 cm³/mol. The molecule has 104 valence electrons. The lowest BCUT2D eigenvalue weighted by Crippen LogP contribution is -2.40. The number of amides is 2. The van der Waals surface area contributed by atoms with Gasteiger partial charge in [0, 0.05) is 6.92 Å². The first-order valence-corrected chi connectivity index (χ1v) is 6.25. The number of ether oxygens (including phenoxy) is 1. The van der Waals surface area contributed by atoms with Gasteiger partial charge in [-0.15, -0.1) is 0 Å². The molecule has 2 amide bonds. The predicted octanol–water partition coefficient (Wildman–Crippen LogP) is 1.86. The molecule has 1 aromatic carbocycles. The zero-order valence-corrected chi connectivity index (χ0v) is 11.7. The lowest BCUT2D eigenvalue weighted by molar-refractivity contribution is -0.124. The quantitative estimate of drug-likeness (QED) is 0.853. The fourth-order valence-electron chi connectivity index (χ4n) is 1.62. The van der Waals surface area contributed by atoms with Gasteiger partial charge in [0.05, 0.1) is 12.3 Å². The van der Waals surface area contributed by atoms with E-state index >= 15 is 0 Å². The summed E-state index contributed by atoms with van der Waals surface area (Å²) in [6.07, 6.45) is 0. The second kappa shape index (κ2) is 6.78. The van der Waals surface area contributed by atoms with Gasteiger partial charge in [0.15, 0.2) is 0 Å². The van der Waals surface area contributed by atoms with E-state index in [0.717, 1.165) is 5.56 Å². The highest BCUT2D eigenvalue weighted by Gasteiger charge is 2.15. The Morgan fingerprint density at radius 1 is 1.37 bits per heavy atom. The maximum Gasteiger partial charge on any atom is 0.246 e. The van der Waals surface area contributed by atoms with Crippen LogP contribution in [0, 0.1) is 6.92 Å². The van der Waals surface area contributed by atoms with Crippen LogP contribution in [0.15, 0.2) is 18.2 Å². The molecule has 1 atom stereocenters. The molecule has 5 nitrogen and oxygen atoms in total. The van der Waals surface area contributed by atoms with Crippen molar-refractivity contribution in [3.63, 3.8) is 0 Å². The zero-order chi connectivity index (χ0) is 14.4. The van der Waals surface area contributed by atoms with Crippen molar-refractivity contribution < 1.29 is 14.3 Å². The first kappa shape index (κ1) is 15.0.